The maximum Gasteiger partial charge on any atom is 0.391 e. The lowest BCUT2D eigenvalue weighted by Crippen LogP contribution is -2.46. The Kier molecular flexibility index (Phi) is 8.93. The van der Waals surface area contributed by atoms with Crippen molar-refractivity contribution in [3.63, 3.8) is 0 Å². The summed E-state index contributed by atoms with van der Waals surface area (Å²) in [6, 6.07) is -0.192. The number of aryl methyl sites for hydroxylation is 2. The van der Waals surface area contributed by atoms with Gasteiger partial charge >= 0.3 is 6.18 Å². The van der Waals surface area contributed by atoms with Gasteiger partial charge in [-0.2, -0.15) is 13.2 Å². The van der Waals surface area contributed by atoms with E-state index in [2.05, 4.69) is 20.6 Å². The van der Waals surface area contributed by atoms with Crippen LogP contribution >= 0.6 is 35.3 Å². The van der Waals surface area contributed by atoms with E-state index in [4.69, 9.17) is 0 Å². The Morgan fingerprint density at radius 2 is 2.04 bits per heavy atom. The number of aromatic nitrogens is 1. The van der Waals surface area contributed by atoms with Gasteiger partial charge in [-0.05, 0) is 40.0 Å². The highest BCUT2D eigenvalue weighted by atomic mass is 127. The second-order valence-electron chi connectivity index (χ2n) is 6.19. The van der Waals surface area contributed by atoms with Gasteiger partial charge in [0.15, 0.2) is 5.96 Å². The van der Waals surface area contributed by atoms with Crippen molar-refractivity contribution in [3.05, 3.63) is 15.6 Å². The summed E-state index contributed by atoms with van der Waals surface area (Å²) in [5.41, 5.74) is 1.00. The third-order valence-corrected chi connectivity index (χ3v) is 5.33. The van der Waals surface area contributed by atoms with Crippen LogP contribution in [0.4, 0.5) is 13.2 Å². The van der Waals surface area contributed by atoms with Crippen LogP contribution in [0, 0.1) is 19.8 Å². The first kappa shape index (κ1) is 22.5. The van der Waals surface area contributed by atoms with E-state index in [0.29, 0.717) is 25.5 Å². The van der Waals surface area contributed by atoms with E-state index in [1.807, 2.05) is 20.8 Å². The minimum atomic E-state index is -4.11. The molecule has 2 N–H and O–H groups in total. The number of thiazole rings is 1. The predicted molar refractivity (Wildman–Crippen MR) is 107 cm³/mol. The zero-order valence-electron chi connectivity index (χ0n) is 14.7. The highest BCUT2D eigenvalue weighted by Gasteiger charge is 2.42. The summed E-state index contributed by atoms with van der Waals surface area (Å²) in [6.45, 7) is 7.01. The van der Waals surface area contributed by atoms with Crippen LogP contribution in [0.25, 0.3) is 0 Å². The van der Waals surface area contributed by atoms with Crippen LogP contribution in [0.5, 0.6) is 0 Å². The van der Waals surface area contributed by atoms with Crippen molar-refractivity contribution in [1.29, 1.82) is 0 Å². The summed E-state index contributed by atoms with van der Waals surface area (Å²) in [7, 11) is 0. The summed E-state index contributed by atoms with van der Waals surface area (Å²) >= 11 is 1.60. The average Bonchev–Trinajstić information content (AvgIpc) is 2.83. The summed E-state index contributed by atoms with van der Waals surface area (Å²) < 4.78 is 38.8. The Morgan fingerprint density at radius 1 is 1.32 bits per heavy atom. The number of halogens is 4. The van der Waals surface area contributed by atoms with Gasteiger partial charge in [-0.3, -0.25) is 0 Å². The zero-order valence-corrected chi connectivity index (χ0v) is 17.9. The third kappa shape index (κ3) is 6.92. The first-order chi connectivity index (χ1) is 11.3. The molecule has 1 aliphatic rings. The van der Waals surface area contributed by atoms with Crippen LogP contribution in [0.2, 0.25) is 0 Å². The Balaban J connectivity index is 0.00000312. The van der Waals surface area contributed by atoms with Crippen molar-refractivity contribution in [1.82, 2.24) is 15.6 Å². The molecular weight excluding hydrogens is 464 g/mol. The Labute approximate surface area is 168 Å². The van der Waals surface area contributed by atoms with Gasteiger partial charge in [-0.1, -0.05) is 6.42 Å². The van der Waals surface area contributed by atoms with Gasteiger partial charge in [-0.15, -0.1) is 35.3 Å². The Bertz CT molecular complexity index is 555. The molecule has 2 unspecified atom stereocenters. The molecule has 0 aromatic carbocycles. The van der Waals surface area contributed by atoms with E-state index in [0.717, 1.165) is 17.1 Å². The number of nitrogens with zero attached hydrogens (tertiary/aromatic N) is 2. The number of hydrogen-bond acceptors (Lipinski definition) is 3. The maximum atomic E-state index is 12.9. The van der Waals surface area contributed by atoms with Crippen LogP contribution in [-0.4, -0.2) is 29.7 Å². The molecular formula is C16H26F3IN4S. The molecule has 144 valence electrons. The minimum absolute atomic E-state index is 0. The second kappa shape index (κ2) is 9.94. The van der Waals surface area contributed by atoms with Crippen LogP contribution in [-0.2, 0) is 6.54 Å². The minimum Gasteiger partial charge on any atom is -0.357 e. The summed E-state index contributed by atoms with van der Waals surface area (Å²) in [5.74, 6) is -0.647. The highest BCUT2D eigenvalue weighted by Crippen LogP contribution is 2.37. The van der Waals surface area contributed by atoms with Crippen molar-refractivity contribution >= 4 is 41.3 Å². The largest absolute Gasteiger partial charge is 0.391 e. The van der Waals surface area contributed by atoms with Crippen LogP contribution in [0.15, 0.2) is 4.99 Å². The lowest BCUT2D eigenvalue weighted by atomic mass is 9.85. The average molecular weight is 490 g/mol. The van der Waals surface area contributed by atoms with E-state index in [9.17, 15) is 13.2 Å². The number of hydrogen-bond donors (Lipinski definition) is 2. The van der Waals surface area contributed by atoms with Crippen molar-refractivity contribution in [2.75, 3.05) is 6.54 Å². The van der Waals surface area contributed by atoms with Crippen molar-refractivity contribution < 1.29 is 13.2 Å². The number of rotatable bonds is 4. The number of guanidine groups is 1. The molecule has 0 bridgehead atoms. The fraction of sp³-hybridized carbons (Fsp3) is 0.750. The summed E-state index contributed by atoms with van der Waals surface area (Å²) in [4.78, 5) is 10.1. The van der Waals surface area contributed by atoms with E-state index in [1.165, 1.54) is 4.88 Å². The molecule has 25 heavy (non-hydrogen) atoms. The molecule has 2 rings (SSSR count). The third-order valence-electron chi connectivity index (χ3n) is 4.27. The van der Waals surface area contributed by atoms with Crippen molar-refractivity contribution in [3.8, 4) is 0 Å². The molecule has 0 amide bonds. The molecule has 2 atom stereocenters. The Hall–Kier alpha value is -0.580. The van der Waals surface area contributed by atoms with E-state index >= 15 is 0 Å². The van der Waals surface area contributed by atoms with Gasteiger partial charge in [-0.25, -0.2) is 9.98 Å². The van der Waals surface area contributed by atoms with E-state index in [1.54, 1.807) is 11.3 Å². The number of alkyl halides is 3. The van der Waals surface area contributed by atoms with Crippen molar-refractivity contribution in [2.24, 2.45) is 10.9 Å². The fourth-order valence-corrected chi connectivity index (χ4v) is 3.74. The fourth-order valence-electron chi connectivity index (χ4n) is 2.89. The summed E-state index contributed by atoms with van der Waals surface area (Å²) in [5, 5.41) is 7.19. The standard InChI is InChI=1S/C16H25F3N4S.HI/c1-4-20-15(21-9-14-22-10(2)11(3)24-14)23-13-7-5-6-12(8-13)16(17,18)19;/h12-13H,4-9H2,1-3H3,(H2,20,21,23);1H. The first-order valence-corrected chi connectivity index (χ1v) is 9.15. The van der Waals surface area contributed by atoms with Gasteiger partial charge in [0.2, 0.25) is 0 Å². The molecule has 1 fully saturated rings. The van der Waals surface area contributed by atoms with Gasteiger partial charge in [0.05, 0.1) is 18.2 Å². The number of nitrogens with one attached hydrogen (secondary N) is 2. The molecule has 0 radical (unpaired) electrons. The molecule has 0 aliphatic heterocycles. The summed E-state index contributed by atoms with van der Waals surface area (Å²) in [6.07, 6.45) is -2.43. The van der Waals surface area contributed by atoms with Gasteiger partial charge in [0.25, 0.3) is 0 Å². The SMILES string of the molecule is CCNC(=NCc1nc(C)c(C)s1)NC1CCCC(C(F)(F)F)C1.I. The molecule has 0 saturated heterocycles. The Morgan fingerprint density at radius 3 is 2.60 bits per heavy atom. The first-order valence-electron chi connectivity index (χ1n) is 8.34. The molecule has 1 aliphatic carbocycles. The van der Waals surface area contributed by atoms with Crippen molar-refractivity contribution in [2.45, 2.75) is 65.2 Å². The predicted octanol–water partition coefficient (Wildman–Crippen LogP) is 4.55. The topological polar surface area (TPSA) is 49.3 Å². The smallest absolute Gasteiger partial charge is 0.357 e. The molecule has 1 aromatic rings. The maximum absolute atomic E-state index is 12.9. The lowest BCUT2D eigenvalue weighted by molar-refractivity contribution is -0.183. The monoisotopic (exact) mass is 490 g/mol. The van der Waals surface area contributed by atoms with Gasteiger partial charge in [0.1, 0.15) is 5.01 Å². The van der Waals surface area contributed by atoms with Crippen LogP contribution < -0.4 is 10.6 Å². The van der Waals surface area contributed by atoms with Gasteiger partial charge < -0.3 is 10.6 Å². The molecule has 9 heteroatoms. The molecule has 1 heterocycles. The van der Waals surface area contributed by atoms with Crippen LogP contribution in [0.1, 0.15) is 48.2 Å². The van der Waals surface area contributed by atoms with Gasteiger partial charge in [0, 0.05) is 17.5 Å². The molecule has 1 saturated carbocycles. The van der Waals surface area contributed by atoms with Crippen LogP contribution in [0.3, 0.4) is 0 Å². The van der Waals surface area contributed by atoms with E-state index in [-0.39, 0.29) is 42.9 Å². The molecule has 0 spiro atoms. The normalized spacial score (nSPS) is 21.6. The lowest BCUT2D eigenvalue weighted by Gasteiger charge is -2.31. The zero-order chi connectivity index (χ0) is 17.7. The van der Waals surface area contributed by atoms with E-state index < -0.39 is 12.1 Å². The molecule has 1 aromatic heterocycles. The second-order valence-corrected chi connectivity index (χ2v) is 7.48. The quantitative estimate of drug-likeness (QED) is 0.370. The molecule has 4 nitrogen and oxygen atoms in total. The number of aliphatic imine (C=N–C) groups is 1. The highest BCUT2D eigenvalue weighted by molar-refractivity contribution is 14.0.